The number of hydrogen-bond acceptors (Lipinski definition) is 6. The quantitative estimate of drug-likeness (QED) is 0.750. The van der Waals surface area contributed by atoms with Crippen LogP contribution in [0.2, 0.25) is 5.02 Å². The minimum atomic E-state index is 0.0123. The van der Waals surface area contributed by atoms with Crippen LogP contribution in [0.5, 0.6) is 0 Å². The molecule has 0 aliphatic heterocycles. The summed E-state index contributed by atoms with van der Waals surface area (Å²) in [7, 11) is 0. The second kappa shape index (κ2) is 6.83. The Labute approximate surface area is 136 Å². The van der Waals surface area contributed by atoms with Gasteiger partial charge in [-0.3, -0.25) is 0 Å². The molecule has 0 atom stereocenters. The van der Waals surface area contributed by atoms with Crippen LogP contribution in [-0.4, -0.2) is 33.4 Å². The molecule has 1 aromatic carbocycles. The minimum absolute atomic E-state index is 0.0123. The summed E-state index contributed by atoms with van der Waals surface area (Å²) in [6.45, 7) is 0.404. The van der Waals surface area contributed by atoms with Crippen LogP contribution < -0.4 is 5.32 Å². The van der Waals surface area contributed by atoms with E-state index >= 15 is 0 Å². The molecule has 3 aromatic rings. The zero-order valence-corrected chi connectivity index (χ0v) is 13.1. The lowest BCUT2D eigenvalue weighted by molar-refractivity contribution is 0.311. The Morgan fingerprint density at radius 3 is 2.64 bits per heavy atom. The van der Waals surface area contributed by atoms with Gasteiger partial charge in [0.05, 0.1) is 11.5 Å². The number of nitrogens with zero attached hydrogens (tertiary/aromatic N) is 3. The number of hydrogen-bond donors (Lipinski definition) is 2. The smallest absolute Gasteiger partial charge is 0.193 e. The van der Waals surface area contributed by atoms with Gasteiger partial charge in [0, 0.05) is 17.1 Å². The van der Waals surface area contributed by atoms with E-state index in [9.17, 15) is 0 Å². The van der Waals surface area contributed by atoms with E-state index in [-0.39, 0.29) is 6.61 Å². The van der Waals surface area contributed by atoms with Gasteiger partial charge in [-0.2, -0.15) is 0 Å². The van der Waals surface area contributed by atoms with Crippen molar-refractivity contribution in [2.75, 3.05) is 18.5 Å². The fourth-order valence-electron chi connectivity index (χ4n) is 1.94. The maximum atomic E-state index is 9.04. The first-order chi connectivity index (χ1) is 10.8. The highest BCUT2D eigenvalue weighted by atomic mass is 35.5. The van der Waals surface area contributed by atoms with Crippen LogP contribution in [0.3, 0.4) is 0 Å². The van der Waals surface area contributed by atoms with Gasteiger partial charge in [0.1, 0.15) is 5.69 Å². The van der Waals surface area contributed by atoms with E-state index in [1.165, 1.54) is 0 Å². The lowest BCUT2D eigenvalue weighted by Gasteiger charge is -2.10. The normalized spacial score (nSPS) is 10.6. The zero-order chi connectivity index (χ0) is 15.4. The van der Waals surface area contributed by atoms with Crippen molar-refractivity contribution in [3.63, 3.8) is 0 Å². The van der Waals surface area contributed by atoms with Crippen LogP contribution in [0.4, 0.5) is 5.82 Å². The largest absolute Gasteiger partial charge is 0.395 e. The number of aliphatic hydroxyl groups is 1. The van der Waals surface area contributed by atoms with Gasteiger partial charge in [-0.25, -0.2) is 4.98 Å². The molecule has 0 saturated carbocycles. The molecule has 0 bridgehead atoms. The van der Waals surface area contributed by atoms with E-state index in [0.29, 0.717) is 28.9 Å². The van der Waals surface area contributed by atoms with E-state index in [1.54, 1.807) is 23.5 Å². The van der Waals surface area contributed by atoms with E-state index in [0.717, 1.165) is 10.4 Å². The summed E-state index contributed by atoms with van der Waals surface area (Å²) in [6, 6.07) is 11.2. The highest BCUT2D eigenvalue weighted by molar-refractivity contribution is 7.13. The number of rotatable bonds is 5. The van der Waals surface area contributed by atoms with E-state index in [2.05, 4.69) is 20.5 Å². The average molecular weight is 333 g/mol. The van der Waals surface area contributed by atoms with Crippen LogP contribution >= 0.6 is 22.9 Å². The highest BCUT2D eigenvalue weighted by Gasteiger charge is 2.13. The summed E-state index contributed by atoms with van der Waals surface area (Å²) in [5.41, 5.74) is 1.49. The summed E-state index contributed by atoms with van der Waals surface area (Å²) < 4.78 is 0. The molecule has 0 unspecified atom stereocenters. The second-order valence-corrected chi connectivity index (χ2v) is 5.85. The molecule has 0 saturated heterocycles. The molecule has 0 aliphatic rings. The maximum absolute atomic E-state index is 9.04. The van der Waals surface area contributed by atoms with Crippen molar-refractivity contribution < 1.29 is 5.11 Å². The number of halogens is 1. The van der Waals surface area contributed by atoms with Crippen LogP contribution in [0.15, 0.2) is 41.8 Å². The first-order valence-electron chi connectivity index (χ1n) is 6.67. The standard InChI is InChI=1S/C15H13ClN4OS/c16-11-5-3-10(4-6-11)13-15(17-7-8-21)18-14(20-19-13)12-2-1-9-22-12/h1-6,9,21H,7-8H2,(H,17,18,20). The average Bonchev–Trinajstić information content (AvgIpc) is 3.08. The predicted octanol–water partition coefficient (Wildman–Crippen LogP) is 3.32. The molecule has 2 heterocycles. The molecule has 7 heteroatoms. The topological polar surface area (TPSA) is 70.9 Å². The van der Waals surface area contributed by atoms with E-state index < -0.39 is 0 Å². The van der Waals surface area contributed by atoms with Gasteiger partial charge in [0.2, 0.25) is 0 Å². The Kier molecular flexibility index (Phi) is 4.62. The number of thiophene rings is 1. The summed E-state index contributed by atoms with van der Waals surface area (Å²) in [5, 5.41) is 23.2. The summed E-state index contributed by atoms with van der Waals surface area (Å²) >= 11 is 7.47. The zero-order valence-electron chi connectivity index (χ0n) is 11.5. The first kappa shape index (κ1) is 14.9. The molecule has 5 nitrogen and oxygen atoms in total. The predicted molar refractivity (Wildman–Crippen MR) is 89.2 cm³/mol. The van der Waals surface area contributed by atoms with Gasteiger partial charge in [-0.1, -0.05) is 29.8 Å². The van der Waals surface area contributed by atoms with E-state index in [1.807, 2.05) is 29.6 Å². The third kappa shape index (κ3) is 3.24. The van der Waals surface area contributed by atoms with Gasteiger partial charge in [0.15, 0.2) is 11.6 Å². The molecular weight excluding hydrogens is 320 g/mol. The first-order valence-corrected chi connectivity index (χ1v) is 7.93. The third-order valence-electron chi connectivity index (χ3n) is 2.95. The summed E-state index contributed by atoms with van der Waals surface area (Å²) in [5.74, 6) is 1.16. The van der Waals surface area contributed by atoms with Gasteiger partial charge in [-0.15, -0.1) is 21.5 Å². The molecule has 112 valence electrons. The van der Waals surface area contributed by atoms with Gasteiger partial charge in [0.25, 0.3) is 0 Å². The maximum Gasteiger partial charge on any atom is 0.193 e. The number of nitrogens with one attached hydrogen (secondary N) is 1. The lowest BCUT2D eigenvalue weighted by atomic mass is 10.1. The van der Waals surface area contributed by atoms with Crippen molar-refractivity contribution in [3.8, 4) is 22.0 Å². The number of benzene rings is 1. The molecule has 2 N–H and O–H groups in total. The van der Waals surface area contributed by atoms with Crippen molar-refractivity contribution in [1.82, 2.24) is 15.2 Å². The summed E-state index contributed by atoms with van der Waals surface area (Å²) in [6.07, 6.45) is 0. The van der Waals surface area contributed by atoms with Crippen molar-refractivity contribution in [3.05, 3.63) is 46.8 Å². The second-order valence-electron chi connectivity index (χ2n) is 4.47. The van der Waals surface area contributed by atoms with Crippen molar-refractivity contribution in [2.24, 2.45) is 0 Å². The van der Waals surface area contributed by atoms with Crippen LogP contribution in [0.25, 0.3) is 22.0 Å². The van der Waals surface area contributed by atoms with Gasteiger partial charge < -0.3 is 10.4 Å². The fraction of sp³-hybridized carbons (Fsp3) is 0.133. The minimum Gasteiger partial charge on any atom is -0.395 e. The van der Waals surface area contributed by atoms with Gasteiger partial charge in [-0.05, 0) is 23.6 Å². The Morgan fingerprint density at radius 1 is 1.14 bits per heavy atom. The number of anilines is 1. The molecule has 0 fully saturated rings. The Hall–Kier alpha value is -2.02. The molecule has 3 rings (SSSR count). The Bertz CT molecular complexity index is 747. The molecular formula is C15H13ClN4OS. The molecule has 0 aliphatic carbocycles. The summed E-state index contributed by atoms with van der Waals surface area (Å²) in [4.78, 5) is 5.48. The molecule has 22 heavy (non-hydrogen) atoms. The number of aliphatic hydroxyl groups excluding tert-OH is 1. The Balaban J connectivity index is 2.03. The Morgan fingerprint density at radius 2 is 1.95 bits per heavy atom. The SMILES string of the molecule is OCCNc1nc(-c2cccs2)nnc1-c1ccc(Cl)cc1. The number of aromatic nitrogens is 3. The van der Waals surface area contributed by atoms with Crippen LogP contribution in [0, 0.1) is 0 Å². The van der Waals surface area contributed by atoms with Crippen LogP contribution in [0.1, 0.15) is 0 Å². The van der Waals surface area contributed by atoms with Gasteiger partial charge >= 0.3 is 0 Å². The molecule has 0 radical (unpaired) electrons. The molecule has 0 amide bonds. The van der Waals surface area contributed by atoms with Crippen molar-refractivity contribution >= 4 is 28.8 Å². The molecule has 2 aromatic heterocycles. The van der Waals surface area contributed by atoms with Crippen LogP contribution in [-0.2, 0) is 0 Å². The highest BCUT2D eigenvalue weighted by Crippen LogP contribution is 2.28. The lowest BCUT2D eigenvalue weighted by Crippen LogP contribution is -2.10. The molecule has 0 spiro atoms. The monoisotopic (exact) mass is 332 g/mol. The van der Waals surface area contributed by atoms with Crippen molar-refractivity contribution in [2.45, 2.75) is 0 Å². The van der Waals surface area contributed by atoms with Crippen molar-refractivity contribution in [1.29, 1.82) is 0 Å². The third-order valence-corrected chi connectivity index (χ3v) is 4.07. The van der Waals surface area contributed by atoms with E-state index in [4.69, 9.17) is 16.7 Å². The fourth-order valence-corrected chi connectivity index (χ4v) is 2.71.